The Morgan fingerprint density at radius 2 is 1.90 bits per heavy atom. The van der Waals surface area contributed by atoms with E-state index in [0.29, 0.717) is 28.0 Å². The molecule has 0 aromatic heterocycles. The minimum atomic E-state index is -0.302. The Morgan fingerprint density at radius 1 is 1.25 bits per heavy atom. The molecule has 102 valence electrons. The summed E-state index contributed by atoms with van der Waals surface area (Å²) in [4.78, 5) is 0. The molecule has 0 spiro atoms. The van der Waals surface area contributed by atoms with Crippen LogP contribution in [0.4, 0.5) is 4.39 Å². The molecule has 0 bridgehead atoms. The molecule has 0 radical (unpaired) electrons. The van der Waals surface area contributed by atoms with Crippen molar-refractivity contribution in [2.45, 2.75) is 19.2 Å². The van der Waals surface area contributed by atoms with Crippen molar-refractivity contribution in [1.82, 2.24) is 0 Å². The Labute approximate surface area is 125 Å². The van der Waals surface area contributed by atoms with Gasteiger partial charge in [0.15, 0.2) is 0 Å². The fraction of sp³-hybridized carbons (Fsp3) is 0.188. The molecule has 0 saturated carbocycles. The first-order valence-corrected chi connectivity index (χ1v) is 7.21. The van der Waals surface area contributed by atoms with Gasteiger partial charge < -0.3 is 4.74 Å². The summed E-state index contributed by atoms with van der Waals surface area (Å²) < 4.78 is 19.6. The number of nitrogens with zero attached hydrogens (tertiary/aromatic N) is 1. The summed E-state index contributed by atoms with van der Waals surface area (Å²) in [6.45, 7) is 3.74. The highest BCUT2D eigenvalue weighted by Crippen LogP contribution is 2.33. The maximum Gasteiger partial charge on any atom is 0.134 e. The van der Waals surface area contributed by atoms with Crippen LogP contribution in [0.15, 0.2) is 30.3 Å². The molecule has 2 rings (SSSR count). The summed E-state index contributed by atoms with van der Waals surface area (Å²) in [6, 6.07) is 10.4. The summed E-state index contributed by atoms with van der Waals surface area (Å²) in [7, 11) is 0. The van der Waals surface area contributed by atoms with E-state index >= 15 is 0 Å². The number of aryl methyl sites for hydroxylation is 2. The SMILES string of the molecule is Cc1cc(C#N)cc(C)c1Oc1cccc(F)c1CBr. The zero-order valence-electron chi connectivity index (χ0n) is 11.2. The maximum absolute atomic E-state index is 13.7. The van der Waals surface area contributed by atoms with Crippen LogP contribution in [0.3, 0.4) is 0 Å². The molecule has 0 aliphatic carbocycles. The molecule has 20 heavy (non-hydrogen) atoms. The lowest BCUT2D eigenvalue weighted by molar-refractivity contribution is 0.464. The Balaban J connectivity index is 2.46. The molecule has 0 saturated heterocycles. The summed E-state index contributed by atoms with van der Waals surface area (Å²) in [5, 5.41) is 9.32. The second-order valence-corrected chi connectivity index (χ2v) is 5.06. The van der Waals surface area contributed by atoms with E-state index in [1.807, 2.05) is 13.8 Å². The van der Waals surface area contributed by atoms with Crippen molar-refractivity contribution in [2.75, 3.05) is 0 Å². The van der Waals surface area contributed by atoms with Gasteiger partial charge in [-0.25, -0.2) is 4.39 Å². The van der Waals surface area contributed by atoms with E-state index in [9.17, 15) is 4.39 Å². The minimum Gasteiger partial charge on any atom is -0.456 e. The van der Waals surface area contributed by atoms with Crippen LogP contribution >= 0.6 is 15.9 Å². The Kier molecular flexibility index (Phi) is 4.41. The van der Waals surface area contributed by atoms with Crippen LogP contribution in [0, 0.1) is 31.0 Å². The predicted molar refractivity (Wildman–Crippen MR) is 79.7 cm³/mol. The Morgan fingerprint density at radius 3 is 2.45 bits per heavy atom. The average Bonchev–Trinajstić information content (AvgIpc) is 2.42. The van der Waals surface area contributed by atoms with Crippen molar-refractivity contribution in [3.63, 3.8) is 0 Å². The van der Waals surface area contributed by atoms with Gasteiger partial charge in [0.05, 0.1) is 11.6 Å². The Bertz CT molecular complexity index is 668. The number of halogens is 2. The van der Waals surface area contributed by atoms with Gasteiger partial charge in [0.25, 0.3) is 0 Å². The first-order valence-electron chi connectivity index (χ1n) is 6.09. The molecule has 0 aliphatic rings. The molecular formula is C16H13BrFNO. The Hall–Kier alpha value is -1.86. The van der Waals surface area contributed by atoms with Gasteiger partial charge in [0.1, 0.15) is 17.3 Å². The van der Waals surface area contributed by atoms with Crippen LogP contribution in [-0.2, 0) is 5.33 Å². The van der Waals surface area contributed by atoms with Gasteiger partial charge in [0, 0.05) is 10.9 Å². The summed E-state index contributed by atoms with van der Waals surface area (Å²) >= 11 is 3.27. The van der Waals surface area contributed by atoms with E-state index in [2.05, 4.69) is 22.0 Å². The number of hydrogen-bond donors (Lipinski definition) is 0. The first-order chi connectivity index (χ1) is 9.56. The van der Waals surface area contributed by atoms with Crippen LogP contribution in [0.1, 0.15) is 22.3 Å². The second-order valence-electron chi connectivity index (χ2n) is 4.50. The highest BCUT2D eigenvalue weighted by Gasteiger charge is 2.12. The van der Waals surface area contributed by atoms with Gasteiger partial charge in [-0.1, -0.05) is 22.0 Å². The normalized spacial score (nSPS) is 10.2. The highest BCUT2D eigenvalue weighted by atomic mass is 79.9. The van der Waals surface area contributed by atoms with Crippen LogP contribution in [0.5, 0.6) is 11.5 Å². The number of rotatable bonds is 3. The lowest BCUT2D eigenvalue weighted by atomic mass is 10.1. The maximum atomic E-state index is 13.7. The largest absolute Gasteiger partial charge is 0.456 e. The number of nitriles is 1. The molecule has 0 unspecified atom stereocenters. The van der Waals surface area contributed by atoms with Crippen molar-refractivity contribution in [3.05, 3.63) is 58.4 Å². The van der Waals surface area contributed by atoms with Crippen LogP contribution in [-0.4, -0.2) is 0 Å². The molecule has 0 atom stereocenters. The molecule has 0 aliphatic heterocycles. The van der Waals surface area contributed by atoms with Crippen LogP contribution in [0.25, 0.3) is 0 Å². The molecule has 4 heteroatoms. The summed E-state index contributed by atoms with van der Waals surface area (Å²) in [5.74, 6) is 0.845. The third-order valence-corrected chi connectivity index (χ3v) is 3.57. The van der Waals surface area contributed by atoms with Crippen molar-refractivity contribution in [3.8, 4) is 17.6 Å². The zero-order valence-corrected chi connectivity index (χ0v) is 12.8. The smallest absolute Gasteiger partial charge is 0.134 e. The zero-order chi connectivity index (χ0) is 14.7. The quantitative estimate of drug-likeness (QED) is 0.740. The molecular weight excluding hydrogens is 321 g/mol. The number of hydrogen-bond acceptors (Lipinski definition) is 2. The van der Waals surface area contributed by atoms with Crippen molar-refractivity contribution >= 4 is 15.9 Å². The molecule has 0 amide bonds. The van der Waals surface area contributed by atoms with Crippen LogP contribution < -0.4 is 4.74 Å². The molecule has 0 fully saturated rings. The highest BCUT2D eigenvalue weighted by molar-refractivity contribution is 9.08. The van der Waals surface area contributed by atoms with Gasteiger partial charge in [-0.15, -0.1) is 0 Å². The fourth-order valence-electron chi connectivity index (χ4n) is 2.05. The van der Waals surface area contributed by atoms with Gasteiger partial charge in [-0.05, 0) is 49.2 Å². The van der Waals surface area contributed by atoms with Gasteiger partial charge >= 0.3 is 0 Å². The minimum absolute atomic E-state index is 0.302. The molecule has 2 aromatic carbocycles. The lowest BCUT2D eigenvalue weighted by Gasteiger charge is -2.14. The van der Waals surface area contributed by atoms with Gasteiger partial charge in [0.2, 0.25) is 0 Å². The summed E-state index contributed by atoms with van der Waals surface area (Å²) in [5.41, 5.74) is 2.78. The van der Waals surface area contributed by atoms with E-state index < -0.39 is 0 Å². The number of ether oxygens (including phenoxy) is 1. The fourth-order valence-corrected chi connectivity index (χ4v) is 2.59. The van der Waals surface area contributed by atoms with E-state index in [-0.39, 0.29) is 5.82 Å². The number of benzene rings is 2. The van der Waals surface area contributed by atoms with Gasteiger partial charge in [-0.2, -0.15) is 5.26 Å². The first kappa shape index (κ1) is 14.5. The lowest BCUT2D eigenvalue weighted by Crippen LogP contribution is -1.97. The topological polar surface area (TPSA) is 33.0 Å². The summed E-state index contributed by atoms with van der Waals surface area (Å²) in [6.07, 6.45) is 0. The van der Waals surface area contributed by atoms with Crippen LogP contribution in [0.2, 0.25) is 0 Å². The van der Waals surface area contributed by atoms with E-state index in [0.717, 1.165) is 11.1 Å². The van der Waals surface area contributed by atoms with Gasteiger partial charge in [-0.3, -0.25) is 0 Å². The second kappa shape index (κ2) is 6.06. The number of alkyl halides is 1. The third kappa shape index (κ3) is 2.83. The van der Waals surface area contributed by atoms with E-state index in [1.165, 1.54) is 6.07 Å². The molecule has 0 N–H and O–H groups in total. The third-order valence-electron chi connectivity index (χ3n) is 3.01. The molecule has 2 aromatic rings. The molecule has 2 nitrogen and oxygen atoms in total. The standard InChI is InChI=1S/C16H13BrFNO/c1-10-6-12(9-19)7-11(2)16(10)20-15-5-3-4-14(18)13(15)8-17/h3-7H,8H2,1-2H3. The van der Waals surface area contributed by atoms with Crippen molar-refractivity contribution < 1.29 is 9.13 Å². The molecule has 0 heterocycles. The average molecular weight is 334 g/mol. The van der Waals surface area contributed by atoms with Crippen molar-refractivity contribution in [1.29, 1.82) is 5.26 Å². The van der Waals surface area contributed by atoms with E-state index in [4.69, 9.17) is 10.00 Å². The van der Waals surface area contributed by atoms with Crippen molar-refractivity contribution in [2.24, 2.45) is 0 Å². The van der Waals surface area contributed by atoms with E-state index in [1.54, 1.807) is 24.3 Å². The predicted octanol–water partition coefficient (Wildman–Crippen LogP) is 5.00. The monoisotopic (exact) mass is 333 g/mol.